The Hall–Kier alpha value is -0.730. The summed E-state index contributed by atoms with van der Waals surface area (Å²) in [5, 5.41) is 0. The van der Waals surface area contributed by atoms with Crippen LogP contribution in [-0.4, -0.2) is 30.7 Å². The molecule has 106 valence electrons. The lowest BCUT2D eigenvalue weighted by atomic mass is 9.78. The molecule has 3 unspecified atom stereocenters. The van der Waals surface area contributed by atoms with Gasteiger partial charge < -0.3 is 9.64 Å². The molecule has 0 aliphatic carbocycles. The maximum Gasteiger partial charge on any atom is 0.409 e. The van der Waals surface area contributed by atoms with Gasteiger partial charge in [-0.05, 0) is 30.6 Å². The first-order chi connectivity index (χ1) is 8.60. The van der Waals surface area contributed by atoms with Crippen molar-refractivity contribution >= 4 is 6.09 Å². The highest BCUT2D eigenvalue weighted by Gasteiger charge is 2.33. The average Bonchev–Trinajstić information content (AvgIpc) is 2.35. The molecule has 3 nitrogen and oxygen atoms in total. The summed E-state index contributed by atoms with van der Waals surface area (Å²) in [6.45, 7) is 11.2. The van der Waals surface area contributed by atoms with E-state index < -0.39 is 0 Å². The third-order valence-electron chi connectivity index (χ3n) is 4.25. The second-order valence-electron chi connectivity index (χ2n) is 5.76. The summed E-state index contributed by atoms with van der Waals surface area (Å²) in [5.41, 5.74) is 0. The number of nitrogens with zero attached hydrogens (tertiary/aromatic N) is 1. The van der Waals surface area contributed by atoms with Crippen LogP contribution in [0.3, 0.4) is 0 Å². The molecule has 1 aliphatic rings. The van der Waals surface area contributed by atoms with E-state index in [0.29, 0.717) is 24.4 Å². The molecule has 0 saturated carbocycles. The Morgan fingerprint density at radius 3 is 2.56 bits per heavy atom. The Kier molecular flexibility index (Phi) is 6.51. The van der Waals surface area contributed by atoms with Gasteiger partial charge in [0.25, 0.3) is 0 Å². The minimum Gasteiger partial charge on any atom is -0.449 e. The second-order valence-corrected chi connectivity index (χ2v) is 5.76. The third kappa shape index (κ3) is 4.18. The van der Waals surface area contributed by atoms with Gasteiger partial charge in [0.15, 0.2) is 0 Å². The van der Waals surface area contributed by atoms with Gasteiger partial charge in [-0.25, -0.2) is 4.79 Å². The van der Waals surface area contributed by atoms with Gasteiger partial charge >= 0.3 is 6.09 Å². The minimum absolute atomic E-state index is 0.108. The average molecular weight is 255 g/mol. The van der Waals surface area contributed by atoms with E-state index in [-0.39, 0.29) is 6.09 Å². The molecular formula is C15H29NO2. The van der Waals surface area contributed by atoms with Crippen molar-refractivity contribution in [1.82, 2.24) is 4.90 Å². The van der Waals surface area contributed by atoms with Crippen LogP contribution in [0.25, 0.3) is 0 Å². The Balaban J connectivity index is 2.48. The van der Waals surface area contributed by atoms with E-state index in [0.717, 1.165) is 25.9 Å². The SMILES string of the molecule is CCCCOC(=O)N1CC(C)C(C)C(CCC)C1. The summed E-state index contributed by atoms with van der Waals surface area (Å²) in [7, 11) is 0. The van der Waals surface area contributed by atoms with Gasteiger partial charge in [0.05, 0.1) is 6.61 Å². The van der Waals surface area contributed by atoms with Gasteiger partial charge in [-0.3, -0.25) is 0 Å². The number of hydrogen-bond acceptors (Lipinski definition) is 2. The number of unbranched alkanes of at least 4 members (excludes halogenated alkanes) is 1. The Morgan fingerprint density at radius 1 is 1.22 bits per heavy atom. The molecule has 0 spiro atoms. The topological polar surface area (TPSA) is 29.5 Å². The van der Waals surface area contributed by atoms with Crippen molar-refractivity contribution in [2.45, 2.75) is 53.4 Å². The normalized spacial score (nSPS) is 28.2. The van der Waals surface area contributed by atoms with Crippen molar-refractivity contribution in [2.75, 3.05) is 19.7 Å². The van der Waals surface area contributed by atoms with Crippen LogP contribution in [-0.2, 0) is 4.74 Å². The molecule has 1 rings (SSSR count). The fraction of sp³-hybridized carbons (Fsp3) is 0.933. The number of carbonyl (C=O) groups is 1. The monoisotopic (exact) mass is 255 g/mol. The lowest BCUT2D eigenvalue weighted by Crippen LogP contribution is -2.47. The van der Waals surface area contributed by atoms with Crippen LogP contribution in [0.5, 0.6) is 0 Å². The highest BCUT2D eigenvalue weighted by atomic mass is 16.6. The van der Waals surface area contributed by atoms with Crippen molar-refractivity contribution in [3.63, 3.8) is 0 Å². The van der Waals surface area contributed by atoms with Gasteiger partial charge in [-0.1, -0.05) is 40.5 Å². The molecule has 0 radical (unpaired) electrons. The Bertz CT molecular complexity index is 255. The van der Waals surface area contributed by atoms with Gasteiger partial charge in [-0.15, -0.1) is 0 Å². The maximum atomic E-state index is 12.0. The molecule has 1 fully saturated rings. The molecule has 1 aliphatic heterocycles. The zero-order valence-electron chi connectivity index (χ0n) is 12.4. The van der Waals surface area contributed by atoms with Gasteiger partial charge in [0.1, 0.15) is 0 Å². The number of ether oxygens (including phenoxy) is 1. The molecule has 1 amide bonds. The van der Waals surface area contributed by atoms with E-state index >= 15 is 0 Å². The van der Waals surface area contributed by atoms with Gasteiger partial charge in [0, 0.05) is 13.1 Å². The summed E-state index contributed by atoms with van der Waals surface area (Å²) < 4.78 is 5.32. The van der Waals surface area contributed by atoms with Crippen LogP contribution >= 0.6 is 0 Å². The predicted octanol–water partition coefficient (Wildman–Crippen LogP) is 3.93. The van der Waals surface area contributed by atoms with Crippen molar-refractivity contribution < 1.29 is 9.53 Å². The molecule has 0 N–H and O–H groups in total. The number of hydrogen-bond donors (Lipinski definition) is 0. The van der Waals surface area contributed by atoms with Crippen LogP contribution < -0.4 is 0 Å². The molecule has 18 heavy (non-hydrogen) atoms. The van der Waals surface area contributed by atoms with Gasteiger partial charge in [0.2, 0.25) is 0 Å². The molecule has 0 aromatic heterocycles. The largest absolute Gasteiger partial charge is 0.449 e. The van der Waals surface area contributed by atoms with E-state index in [9.17, 15) is 4.79 Å². The Morgan fingerprint density at radius 2 is 1.94 bits per heavy atom. The number of amides is 1. The molecule has 0 aromatic carbocycles. The van der Waals surface area contributed by atoms with Crippen LogP contribution in [0.4, 0.5) is 4.79 Å². The first-order valence-corrected chi connectivity index (χ1v) is 7.51. The first kappa shape index (κ1) is 15.3. The van der Waals surface area contributed by atoms with E-state index in [2.05, 4.69) is 27.7 Å². The summed E-state index contributed by atoms with van der Waals surface area (Å²) in [4.78, 5) is 13.9. The van der Waals surface area contributed by atoms with E-state index in [4.69, 9.17) is 4.74 Å². The van der Waals surface area contributed by atoms with Crippen molar-refractivity contribution in [3.8, 4) is 0 Å². The van der Waals surface area contributed by atoms with E-state index in [1.165, 1.54) is 12.8 Å². The standard InChI is InChI=1S/C15H29NO2/c1-5-7-9-18-15(17)16-10-12(3)13(4)14(11-16)8-6-2/h12-14H,5-11H2,1-4H3. The zero-order chi connectivity index (χ0) is 13.5. The van der Waals surface area contributed by atoms with Crippen LogP contribution in [0, 0.1) is 17.8 Å². The smallest absolute Gasteiger partial charge is 0.409 e. The van der Waals surface area contributed by atoms with Crippen molar-refractivity contribution in [3.05, 3.63) is 0 Å². The number of likely N-dealkylation sites (tertiary alicyclic amines) is 1. The molecular weight excluding hydrogens is 226 g/mol. The predicted molar refractivity (Wildman–Crippen MR) is 74.6 cm³/mol. The zero-order valence-corrected chi connectivity index (χ0v) is 12.4. The Labute approximate surface area is 112 Å². The minimum atomic E-state index is -0.108. The molecule has 1 heterocycles. The lowest BCUT2D eigenvalue weighted by molar-refractivity contribution is 0.0470. The molecule has 3 heteroatoms. The highest BCUT2D eigenvalue weighted by molar-refractivity contribution is 5.67. The number of rotatable bonds is 5. The fourth-order valence-electron chi connectivity index (χ4n) is 2.77. The number of carbonyl (C=O) groups excluding carboxylic acids is 1. The second kappa shape index (κ2) is 7.65. The van der Waals surface area contributed by atoms with Crippen LogP contribution in [0.15, 0.2) is 0 Å². The van der Waals surface area contributed by atoms with Crippen LogP contribution in [0.1, 0.15) is 53.4 Å². The molecule has 3 atom stereocenters. The lowest BCUT2D eigenvalue weighted by Gasteiger charge is -2.40. The third-order valence-corrected chi connectivity index (χ3v) is 4.25. The maximum absolute atomic E-state index is 12.0. The molecule has 0 aromatic rings. The van der Waals surface area contributed by atoms with Gasteiger partial charge in [-0.2, -0.15) is 0 Å². The fourth-order valence-corrected chi connectivity index (χ4v) is 2.77. The highest BCUT2D eigenvalue weighted by Crippen LogP contribution is 2.31. The van der Waals surface area contributed by atoms with Crippen molar-refractivity contribution in [2.24, 2.45) is 17.8 Å². The first-order valence-electron chi connectivity index (χ1n) is 7.51. The number of piperidine rings is 1. The van der Waals surface area contributed by atoms with E-state index in [1.807, 2.05) is 4.90 Å². The summed E-state index contributed by atoms with van der Waals surface area (Å²) in [5.74, 6) is 1.93. The van der Waals surface area contributed by atoms with E-state index in [1.54, 1.807) is 0 Å². The van der Waals surface area contributed by atoms with Crippen molar-refractivity contribution in [1.29, 1.82) is 0 Å². The summed E-state index contributed by atoms with van der Waals surface area (Å²) in [6, 6.07) is 0. The quantitative estimate of drug-likeness (QED) is 0.697. The molecule has 1 saturated heterocycles. The molecule has 0 bridgehead atoms. The summed E-state index contributed by atoms with van der Waals surface area (Å²) in [6.07, 6.45) is 4.33. The summed E-state index contributed by atoms with van der Waals surface area (Å²) >= 11 is 0. The van der Waals surface area contributed by atoms with Crippen LogP contribution in [0.2, 0.25) is 0 Å².